The smallest absolute Gasteiger partial charge is 0.176 e. The third-order valence-corrected chi connectivity index (χ3v) is 23.5. The fraction of sp³-hybridized carbons (Fsp3) is 0.724. The molecule has 2 atom stereocenters. The van der Waals surface area contributed by atoms with E-state index in [0.29, 0.717) is 11.5 Å². The van der Waals surface area contributed by atoms with E-state index in [9.17, 15) is 10.2 Å². The fourth-order valence-corrected chi connectivity index (χ4v) is 20.6. The van der Waals surface area contributed by atoms with Gasteiger partial charge in [-0.3, -0.25) is 0 Å². The molecule has 0 aliphatic carbocycles. The molecule has 384 valence electrons. The van der Waals surface area contributed by atoms with Gasteiger partial charge in [-0.1, -0.05) is 127 Å². The van der Waals surface area contributed by atoms with Crippen LogP contribution < -0.4 is 10.6 Å². The first-order valence-corrected chi connectivity index (χ1v) is 33.5. The van der Waals surface area contributed by atoms with Crippen molar-refractivity contribution in [1.29, 1.82) is 0 Å². The Balaban J connectivity index is 1.63. The molecule has 0 aliphatic heterocycles. The van der Waals surface area contributed by atoms with Crippen molar-refractivity contribution in [3.63, 3.8) is 0 Å². The van der Waals surface area contributed by atoms with Gasteiger partial charge in [-0.25, -0.2) is 0 Å². The molecule has 0 amide bonds. The molecule has 0 saturated heterocycles. The number of rotatable bonds is 42. The van der Waals surface area contributed by atoms with Crippen LogP contribution in [0, 0.1) is 0 Å². The summed E-state index contributed by atoms with van der Waals surface area (Å²) in [6, 6.07) is 12.6. The minimum Gasteiger partial charge on any atom is -0.508 e. The normalized spacial score (nSPS) is 13.6. The van der Waals surface area contributed by atoms with Gasteiger partial charge in [0, 0.05) is 24.2 Å². The van der Waals surface area contributed by atoms with Crippen molar-refractivity contribution in [2.75, 3.05) is 54.4 Å². The molecule has 2 rings (SSSR count). The lowest BCUT2D eigenvalue weighted by Crippen LogP contribution is -2.50. The number of allylic oxidation sites excluding steroid dienone is 4. The van der Waals surface area contributed by atoms with Crippen LogP contribution in [0.1, 0.15) is 177 Å². The van der Waals surface area contributed by atoms with Gasteiger partial charge in [-0.15, -0.1) is 0 Å². The molecule has 0 aromatic heterocycles. The summed E-state index contributed by atoms with van der Waals surface area (Å²) in [6.45, 7) is 20.6. The number of aryl methyl sites for hydroxylation is 2. The van der Waals surface area contributed by atoms with Crippen LogP contribution in [-0.4, -0.2) is 91.0 Å². The molecule has 0 fully saturated rings. The molecule has 4 N–H and O–H groups in total. The first-order chi connectivity index (χ1) is 32.3. The summed E-state index contributed by atoms with van der Waals surface area (Å²) in [7, 11) is 4.53. The van der Waals surface area contributed by atoms with Crippen molar-refractivity contribution in [3.8, 4) is 11.5 Å². The van der Waals surface area contributed by atoms with Crippen LogP contribution in [0.25, 0.3) is 0 Å². The predicted molar refractivity (Wildman–Crippen MR) is 299 cm³/mol. The van der Waals surface area contributed by atoms with E-state index in [1.165, 1.54) is 140 Å². The first kappa shape index (κ1) is 60.9. The van der Waals surface area contributed by atoms with E-state index in [1.54, 1.807) is 0 Å². The summed E-state index contributed by atoms with van der Waals surface area (Å²) in [5, 5.41) is 27.6. The molecule has 0 saturated carbocycles. The van der Waals surface area contributed by atoms with Gasteiger partial charge in [0.2, 0.25) is 0 Å². The number of benzene rings is 2. The lowest BCUT2D eigenvalue weighted by atomic mass is 10.0. The summed E-state index contributed by atoms with van der Waals surface area (Å²) in [5.74, 6) is 0.894. The molecule has 67 heavy (non-hydrogen) atoms. The summed E-state index contributed by atoms with van der Waals surface area (Å²) >= 11 is 0. The molecular formula is C58H106N4O3Si2. The van der Waals surface area contributed by atoms with E-state index in [1.807, 2.05) is 26.2 Å². The Kier molecular flexibility index (Phi) is 33.3. The molecule has 2 aromatic carbocycles. The predicted octanol–water partition coefficient (Wildman–Crippen LogP) is 15.1. The van der Waals surface area contributed by atoms with Crippen molar-refractivity contribution in [1.82, 2.24) is 20.4 Å². The number of hydrogen-bond donors (Lipinski definition) is 4. The van der Waals surface area contributed by atoms with Crippen LogP contribution in [0.5, 0.6) is 11.5 Å². The summed E-state index contributed by atoms with van der Waals surface area (Å²) in [5.41, 5.74) is 6.01. The Morgan fingerprint density at radius 1 is 0.522 bits per heavy atom. The Bertz CT molecular complexity index is 1480. The molecular weight excluding hydrogens is 857 g/mol. The minimum atomic E-state index is -1.85. The average molecular weight is 964 g/mol. The van der Waals surface area contributed by atoms with Crippen molar-refractivity contribution in [3.05, 3.63) is 83.0 Å². The van der Waals surface area contributed by atoms with Crippen LogP contribution in [0.2, 0.25) is 37.3 Å². The Labute approximate surface area is 416 Å². The monoisotopic (exact) mass is 963 g/mol. The second kappa shape index (κ2) is 36.7. The Morgan fingerprint density at radius 2 is 0.896 bits per heavy atom. The maximum Gasteiger partial charge on any atom is 0.176 e. The molecule has 0 bridgehead atoms. The van der Waals surface area contributed by atoms with Crippen LogP contribution in [-0.2, 0) is 30.0 Å². The number of phenolic OH excluding ortho intramolecular Hbond substituents is 2. The van der Waals surface area contributed by atoms with Crippen LogP contribution >= 0.6 is 0 Å². The van der Waals surface area contributed by atoms with E-state index in [0.717, 1.165) is 87.2 Å². The van der Waals surface area contributed by atoms with Crippen molar-refractivity contribution >= 4 is 16.6 Å². The van der Waals surface area contributed by atoms with E-state index < -0.39 is 16.6 Å². The standard InChI is InChI=1S/C58H106N4O3Si2/c1-11-33-55(37-29-25-21-17-13-15-19-23-27-35-51-39-41-53(57(63)47-51)49-61(5)45-31-43-59-3)66(7,8)65-67(9,10)56(34-12-2)38-30-26-22-18-14-16-20-24-28-36-52-40-42-54(58(64)48-52)50-62(6)46-32-44-60-4/h21-22,25-26,39-42,47-48,55-56,59-60,63-64H,11-20,23-24,27-38,43-46,49-50H2,1-10H3. The highest BCUT2D eigenvalue weighted by molar-refractivity contribution is 6.86. The quantitative estimate of drug-likeness (QED) is 0.0300. The highest BCUT2D eigenvalue weighted by atomic mass is 28.4. The molecule has 0 spiro atoms. The zero-order chi connectivity index (χ0) is 49.2. The Hall–Kier alpha value is -2.25. The Morgan fingerprint density at radius 3 is 1.27 bits per heavy atom. The van der Waals surface area contributed by atoms with Gasteiger partial charge >= 0.3 is 0 Å². The van der Waals surface area contributed by atoms with Crippen LogP contribution in [0.15, 0.2) is 60.7 Å². The molecule has 2 unspecified atom stereocenters. The van der Waals surface area contributed by atoms with E-state index in [4.69, 9.17) is 4.12 Å². The largest absolute Gasteiger partial charge is 0.508 e. The number of hydrogen-bond acceptors (Lipinski definition) is 7. The van der Waals surface area contributed by atoms with Gasteiger partial charge in [0.25, 0.3) is 0 Å². The topological polar surface area (TPSA) is 80.2 Å². The summed E-state index contributed by atoms with van der Waals surface area (Å²) in [6.07, 6.45) is 39.2. The molecule has 7 nitrogen and oxygen atoms in total. The summed E-state index contributed by atoms with van der Waals surface area (Å²) < 4.78 is 7.47. The van der Waals surface area contributed by atoms with Gasteiger partial charge < -0.3 is 34.8 Å². The third-order valence-electron chi connectivity index (χ3n) is 14.2. The number of nitrogens with zero attached hydrogens (tertiary/aromatic N) is 2. The minimum absolute atomic E-state index is 0.447. The lowest BCUT2D eigenvalue weighted by molar-refractivity contribution is 0.315. The number of phenols is 2. The molecule has 2 aromatic rings. The number of nitrogens with one attached hydrogen (secondary N) is 2. The summed E-state index contributed by atoms with van der Waals surface area (Å²) in [4.78, 5) is 4.57. The molecule has 0 heterocycles. The maximum absolute atomic E-state index is 10.6. The maximum atomic E-state index is 10.6. The van der Waals surface area contributed by atoms with Crippen molar-refractivity contribution in [2.24, 2.45) is 0 Å². The van der Waals surface area contributed by atoms with Gasteiger partial charge in [-0.05, 0) is 205 Å². The van der Waals surface area contributed by atoms with E-state index in [2.05, 4.69) is 123 Å². The van der Waals surface area contributed by atoms with Gasteiger partial charge in [0.05, 0.1) is 0 Å². The molecule has 9 heteroatoms. The SMILES string of the molecule is CCCC(CCC=CCCCCCCCc1ccc(CN(C)CCCNC)c(O)c1)[Si](C)(C)O[Si](C)(C)C(CCC)CCC=CCCCCCCCc1ccc(CN(C)CCCNC)c(O)c1. The van der Waals surface area contributed by atoms with Gasteiger partial charge in [0.1, 0.15) is 11.5 Å². The highest BCUT2D eigenvalue weighted by Crippen LogP contribution is 2.40. The lowest BCUT2D eigenvalue weighted by Gasteiger charge is -2.43. The molecule has 0 radical (unpaired) electrons. The van der Waals surface area contributed by atoms with Crippen molar-refractivity contribution < 1.29 is 14.3 Å². The highest BCUT2D eigenvalue weighted by Gasteiger charge is 2.42. The average Bonchev–Trinajstić information content (AvgIpc) is 3.28. The number of aromatic hydroxyl groups is 2. The second-order valence-corrected chi connectivity index (χ2v) is 30.2. The van der Waals surface area contributed by atoms with E-state index >= 15 is 0 Å². The number of unbranched alkanes of at least 4 members (excludes halogenated alkanes) is 10. The van der Waals surface area contributed by atoms with Crippen LogP contribution in [0.3, 0.4) is 0 Å². The van der Waals surface area contributed by atoms with Gasteiger partial charge in [0.15, 0.2) is 16.6 Å². The van der Waals surface area contributed by atoms with E-state index in [-0.39, 0.29) is 0 Å². The van der Waals surface area contributed by atoms with Gasteiger partial charge in [-0.2, -0.15) is 0 Å². The first-order valence-electron chi connectivity index (χ1n) is 27.5. The second-order valence-electron chi connectivity index (χ2n) is 21.3. The van der Waals surface area contributed by atoms with Crippen LogP contribution in [0.4, 0.5) is 0 Å². The molecule has 0 aliphatic rings. The fourth-order valence-electron chi connectivity index (χ4n) is 10.1. The zero-order valence-corrected chi connectivity index (χ0v) is 47.3. The third kappa shape index (κ3) is 27.7. The zero-order valence-electron chi connectivity index (χ0n) is 45.3. The van der Waals surface area contributed by atoms with Crippen molar-refractivity contribution in [2.45, 2.75) is 218 Å².